The summed E-state index contributed by atoms with van der Waals surface area (Å²) in [7, 11) is 0. The van der Waals surface area contributed by atoms with Crippen molar-refractivity contribution < 1.29 is 5.11 Å². The fourth-order valence-electron chi connectivity index (χ4n) is 0.748. The summed E-state index contributed by atoms with van der Waals surface area (Å²) in [5.74, 6) is 0.181. The number of rotatable bonds is 2. The van der Waals surface area contributed by atoms with Crippen molar-refractivity contribution in [3.05, 3.63) is 12.4 Å². The van der Waals surface area contributed by atoms with Gasteiger partial charge < -0.3 is 10.8 Å². The van der Waals surface area contributed by atoms with Gasteiger partial charge in [-0.1, -0.05) is 0 Å². The molecule has 0 aliphatic rings. The molecular formula is C6H11N3O. The van der Waals surface area contributed by atoms with Crippen molar-refractivity contribution >= 4 is 0 Å². The first kappa shape index (κ1) is 7.08. The van der Waals surface area contributed by atoms with Gasteiger partial charge >= 0.3 is 0 Å². The van der Waals surface area contributed by atoms with Gasteiger partial charge in [0.2, 0.25) is 0 Å². The minimum absolute atomic E-state index is 0.0688. The largest absolute Gasteiger partial charge is 0.505 e. The summed E-state index contributed by atoms with van der Waals surface area (Å²) in [5, 5.41) is 12.7. The summed E-state index contributed by atoms with van der Waals surface area (Å²) in [5.41, 5.74) is 5.49. The highest BCUT2D eigenvalue weighted by atomic mass is 16.3. The van der Waals surface area contributed by atoms with Crippen molar-refractivity contribution in [1.82, 2.24) is 9.78 Å². The van der Waals surface area contributed by atoms with Crippen molar-refractivity contribution in [1.29, 1.82) is 0 Å². The van der Waals surface area contributed by atoms with Gasteiger partial charge in [0.25, 0.3) is 0 Å². The molecule has 10 heavy (non-hydrogen) atoms. The Bertz CT molecular complexity index is 207. The molecule has 0 bridgehead atoms. The summed E-state index contributed by atoms with van der Waals surface area (Å²) in [4.78, 5) is 0. The van der Waals surface area contributed by atoms with Gasteiger partial charge in [0, 0.05) is 6.04 Å². The maximum Gasteiger partial charge on any atom is 0.153 e. The highest BCUT2D eigenvalue weighted by molar-refractivity contribution is 5.08. The Morgan fingerprint density at radius 2 is 2.60 bits per heavy atom. The zero-order valence-corrected chi connectivity index (χ0v) is 5.86. The summed E-state index contributed by atoms with van der Waals surface area (Å²) < 4.78 is 1.61. The van der Waals surface area contributed by atoms with Gasteiger partial charge in [-0.3, -0.25) is 4.68 Å². The number of hydrogen-bond donors (Lipinski definition) is 2. The van der Waals surface area contributed by atoms with Crippen LogP contribution in [0, 0.1) is 0 Å². The lowest BCUT2D eigenvalue weighted by molar-refractivity contribution is 0.471. The standard InChI is InChI=1S/C6H11N3O/c1-5(7)3-9-4-6(10)2-8-9/h2,4-5,10H,3,7H2,1H3. The van der Waals surface area contributed by atoms with E-state index in [2.05, 4.69) is 5.10 Å². The third-order valence-corrected chi connectivity index (χ3v) is 1.09. The number of hydrogen-bond acceptors (Lipinski definition) is 3. The lowest BCUT2D eigenvalue weighted by Gasteiger charge is -2.02. The van der Waals surface area contributed by atoms with Gasteiger partial charge in [-0.25, -0.2) is 0 Å². The van der Waals surface area contributed by atoms with E-state index in [0.717, 1.165) is 0 Å². The number of aromatic hydroxyl groups is 1. The molecule has 0 radical (unpaired) electrons. The highest BCUT2D eigenvalue weighted by Gasteiger charge is 1.97. The van der Waals surface area contributed by atoms with E-state index in [1.807, 2.05) is 6.92 Å². The van der Waals surface area contributed by atoms with Crippen LogP contribution in [0.4, 0.5) is 0 Å². The molecule has 4 heteroatoms. The second-order valence-corrected chi connectivity index (χ2v) is 2.40. The van der Waals surface area contributed by atoms with Crippen molar-refractivity contribution in [2.45, 2.75) is 19.5 Å². The molecular weight excluding hydrogens is 130 g/mol. The summed E-state index contributed by atoms with van der Waals surface area (Å²) in [6, 6.07) is 0.0688. The van der Waals surface area contributed by atoms with Crippen molar-refractivity contribution in [2.24, 2.45) is 5.73 Å². The Hall–Kier alpha value is -1.03. The lowest BCUT2D eigenvalue weighted by Crippen LogP contribution is -2.22. The highest BCUT2D eigenvalue weighted by Crippen LogP contribution is 2.03. The Balaban J connectivity index is 2.58. The maximum atomic E-state index is 8.84. The first-order valence-electron chi connectivity index (χ1n) is 3.15. The zero-order valence-electron chi connectivity index (χ0n) is 5.86. The average Bonchev–Trinajstić information content (AvgIpc) is 2.13. The Morgan fingerprint density at radius 3 is 3.00 bits per heavy atom. The molecule has 0 fully saturated rings. The van der Waals surface area contributed by atoms with Crippen molar-refractivity contribution in [3.8, 4) is 5.75 Å². The Kier molecular flexibility index (Phi) is 1.91. The van der Waals surface area contributed by atoms with Crippen LogP contribution in [0.5, 0.6) is 5.75 Å². The lowest BCUT2D eigenvalue weighted by atomic mass is 10.4. The molecule has 1 unspecified atom stereocenters. The molecule has 0 saturated heterocycles. The first-order valence-corrected chi connectivity index (χ1v) is 3.15. The van der Waals surface area contributed by atoms with Crippen LogP contribution in [-0.4, -0.2) is 20.9 Å². The third-order valence-electron chi connectivity index (χ3n) is 1.09. The van der Waals surface area contributed by atoms with Gasteiger partial charge in [-0.05, 0) is 6.92 Å². The number of aromatic nitrogens is 2. The molecule has 0 amide bonds. The van der Waals surface area contributed by atoms with Gasteiger partial charge in [-0.15, -0.1) is 0 Å². The Morgan fingerprint density at radius 1 is 1.90 bits per heavy atom. The topological polar surface area (TPSA) is 64.1 Å². The molecule has 1 aromatic rings. The van der Waals surface area contributed by atoms with E-state index in [-0.39, 0.29) is 11.8 Å². The molecule has 1 atom stereocenters. The van der Waals surface area contributed by atoms with Crippen LogP contribution >= 0.6 is 0 Å². The molecule has 1 rings (SSSR count). The molecule has 0 spiro atoms. The molecule has 0 aliphatic heterocycles. The molecule has 56 valence electrons. The van der Waals surface area contributed by atoms with Gasteiger partial charge in [-0.2, -0.15) is 5.10 Å². The summed E-state index contributed by atoms with van der Waals surface area (Å²) in [6.07, 6.45) is 2.94. The molecule has 0 aliphatic carbocycles. The van der Waals surface area contributed by atoms with E-state index in [1.54, 1.807) is 10.9 Å². The minimum atomic E-state index is 0.0688. The van der Waals surface area contributed by atoms with E-state index < -0.39 is 0 Å². The smallest absolute Gasteiger partial charge is 0.153 e. The zero-order chi connectivity index (χ0) is 7.56. The van der Waals surface area contributed by atoms with Crippen LogP contribution in [0.15, 0.2) is 12.4 Å². The fraction of sp³-hybridized carbons (Fsp3) is 0.500. The fourth-order valence-corrected chi connectivity index (χ4v) is 0.748. The maximum absolute atomic E-state index is 8.84. The van der Waals surface area contributed by atoms with Crippen molar-refractivity contribution in [3.63, 3.8) is 0 Å². The molecule has 1 aromatic heterocycles. The second-order valence-electron chi connectivity index (χ2n) is 2.40. The Labute approximate surface area is 59.3 Å². The average molecular weight is 141 g/mol. The quantitative estimate of drug-likeness (QED) is 0.606. The van der Waals surface area contributed by atoms with Crippen LogP contribution in [0.3, 0.4) is 0 Å². The predicted molar refractivity (Wildman–Crippen MR) is 37.5 cm³/mol. The summed E-state index contributed by atoms with van der Waals surface area (Å²) in [6.45, 7) is 2.53. The van der Waals surface area contributed by atoms with E-state index in [9.17, 15) is 0 Å². The van der Waals surface area contributed by atoms with Crippen molar-refractivity contribution in [2.75, 3.05) is 0 Å². The minimum Gasteiger partial charge on any atom is -0.505 e. The van der Waals surface area contributed by atoms with Gasteiger partial charge in [0.05, 0.1) is 18.9 Å². The van der Waals surface area contributed by atoms with E-state index in [1.165, 1.54) is 6.20 Å². The van der Waals surface area contributed by atoms with Crippen LogP contribution in [0.2, 0.25) is 0 Å². The molecule has 0 aromatic carbocycles. The normalized spacial score (nSPS) is 13.4. The van der Waals surface area contributed by atoms with Crippen LogP contribution in [-0.2, 0) is 6.54 Å². The third kappa shape index (κ3) is 1.73. The molecule has 3 N–H and O–H groups in total. The number of nitrogens with two attached hydrogens (primary N) is 1. The molecule has 4 nitrogen and oxygen atoms in total. The van der Waals surface area contributed by atoms with Crippen LogP contribution < -0.4 is 5.73 Å². The number of nitrogens with zero attached hydrogens (tertiary/aromatic N) is 2. The SMILES string of the molecule is CC(N)Cn1cc(O)cn1. The second kappa shape index (κ2) is 2.70. The van der Waals surface area contributed by atoms with E-state index >= 15 is 0 Å². The first-order chi connectivity index (χ1) is 4.68. The molecule has 1 heterocycles. The van der Waals surface area contributed by atoms with Crippen LogP contribution in [0.1, 0.15) is 6.92 Å². The monoisotopic (exact) mass is 141 g/mol. The van der Waals surface area contributed by atoms with E-state index in [0.29, 0.717) is 6.54 Å². The van der Waals surface area contributed by atoms with Crippen LogP contribution in [0.25, 0.3) is 0 Å². The van der Waals surface area contributed by atoms with E-state index in [4.69, 9.17) is 10.8 Å². The summed E-state index contributed by atoms with van der Waals surface area (Å²) >= 11 is 0. The van der Waals surface area contributed by atoms with Gasteiger partial charge in [0.1, 0.15) is 0 Å². The predicted octanol–water partition coefficient (Wildman–Crippen LogP) is -0.0641. The van der Waals surface area contributed by atoms with Gasteiger partial charge in [0.15, 0.2) is 5.75 Å². The molecule has 0 saturated carbocycles.